The molecular formula is C37H29Cl3O8. The van der Waals surface area contributed by atoms with E-state index in [1.807, 2.05) is 78.9 Å². The van der Waals surface area contributed by atoms with Gasteiger partial charge in [-0.2, -0.15) is 0 Å². The van der Waals surface area contributed by atoms with Crippen LogP contribution in [0.25, 0.3) is 22.3 Å². The Bertz CT molecular complexity index is 1940. The summed E-state index contributed by atoms with van der Waals surface area (Å²) in [5, 5.41) is 18.9. The van der Waals surface area contributed by atoms with E-state index in [9.17, 15) is 14.7 Å². The zero-order chi connectivity index (χ0) is 34.5. The molecule has 2 N–H and O–H groups in total. The van der Waals surface area contributed by atoms with E-state index in [1.165, 1.54) is 19.2 Å². The molecule has 246 valence electrons. The summed E-state index contributed by atoms with van der Waals surface area (Å²) in [7, 11) is 1.30. The van der Waals surface area contributed by atoms with E-state index in [1.54, 1.807) is 30.3 Å². The number of benzene rings is 4. The van der Waals surface area contributed by atoms with Crippen LogP contribution in [-0.2, 0) is 17.2 Å². The second kappa shape index (κ2) is 17.7. The van der Waals surface area contributed by atoms with Crippen LogP contribution in [0, 0.1) is 0 Å². The van der Waals surface area contributed by atoms with Crippen molar-refractivity contribution in [3.63, 3.8) is 0 Å². The molecule has 11 heteroatoms. The predicted molar refractivity (Wildman–Crippen MR) is 185 cm³/mol. The first-order chi connectivity index (χ1) is 23.2. The second-order valence-corrected chi connectivity index (χ2v) is 10.9. The number of aromatic hydroxyl groups is 1. The fraction of sp³-hybridized carbons (Fsp3) is 0.0811. The van der Waals surface area contributed by atoms with E-state index >= 15 is 0 Å². The van der Waals surface area contributed by atoms with Gasteiger partial charge in [0.15, 0.2) is 0 Å². The van der Waals surface area contributed by atoms with E-state index in [2.05, 4.69) is 4.74 Å². The third-order valence-corrected chi connectivity index (χ3v) is 7.38. The van der Waals surface area contributed by atoms with Crippen molar-refractivity contribution < 1.29 is 38.1 Å². The lowest BCUT2D eigenvalue weighted by Crippen LogP contribution is -1.98. The molecule has 0 bridgehead atoms. The van der Waals surface area contributed by atoms with Crippen LogP contribution in [0.4, 0.5) is 0 Å². The molecule has 48 heavy (non-hydrogen) atoms. The van der Waals surface area contributed by atoms with Crippen LogP contribution in [0.1, 0.15) is 32.6 Å². The highest BCUT2D eigenvalue weighted by atomic mass is 35.5. The molecule has 6 rings (SSSR count). The van der Waals surface area contributed by atoms with Gasteiger partial charge < -0.3 is 28.5 Å². The number of carbonyl (C=O) groups is 2. The van der Waals surface area contributed by atoms with E-state index < -0.39 is 11.9 Å². The number of rotatable bonds is 8. The zero-order valence-electron chi connectivity index (χ0n) is 25.4. The van der Waals surface area contributed by atoms with Gasteiger partial charge in [0.1, 0.15) is 29.6 Å². The molecule has 0 unspecified atom stereocenters. The number of phenols is 1. The summed E-state index contributed by atoms with van der Waals surface area (Å²) >= 11 is 17.5. The lowest BCUT2D eigenvalue weighted by Gasteiger charge is -2.08. The molecule has 0 spiro atoms. The van der Waals surface area contributed by atoms with E-state index in [-0.39, 0.29) is 29.8 Å². The van der Waals surface area contributed by atoms with Crippen LogP contribution in [-0.4, -0.2) is 29.3 Å². The number of esters is 1. The van der Waals surface area contributed by atoms with Crippen molar-refractivity contribution in [1.82, 2.24) is 0 Å². The number of halogens is 3. The Morgan fingerprint density at radius 1 is 0.667 bits per heavy atom. The number of carbonyl (C=O) groups excluding carboxylic acids is 1. The monoisotopic (exact) mass is 706 g/mol. The second-order valence-electron chi connectivity index (χ2n) is 9.79. The minimum atomic E-state index is -1.11. The topological polar surface area (TPSA) is 119 Å². The average Bonchev–Trinajstić information content (AvgIpc) is 3.81. The molecule has 0 saturated carbocycles. The number of furan rings is 2. The summed E-state index contributed by atoms with van der Waals surface area (Å²) in [5.74, 6) is 0.348. The molecule has 0 aliphatic carbocycles. The molecule has 0 fully saturated rings. The minimum Gasteiger partial charge on any atom is -0.506 e. The van der Waals surface area contributed by atoms with Gasteiger partial charge in [0.25, 0.3) is 0 Å². The molecule has 0 saturated heterocycles. The maximum atomic E-state index is 10.8. The molecule has 8 nitrogen and oxygen atoms in total. The van der Waals surface area contributed by atoms with Gasteiger partial charge in [0, 0.05) is 0 Å². The molecule has 6 aromatic rings. The fourth-order valence-electron chi connectivity index (χ4n) is 4.12. The molecule has 0 amide bonds. The summed E-state index contributed by atoms with van der Waals surface area (Å²) < 4.78 is 20.1. The highest BCUT2D eigenvalue weighted by Crippen LogP contribution is 2.31. The molecule has 2 heterocycles. The third kappa shape index (κ3) is 10.2. The number of hydrogen-bond acceptors (Lipinski definition) is 7. The molecule has 0 aliphatic heterocycles. The largest absolute Gasteiger partial charge is 0.506 e. The SMILES string of the molecule is COC(=O)c1ccc(CCl)o1.O=C(O)c1ccc(COc2ccc(-c3ccccc3)cc2Cl)o1.Oc1ccc(-c2ccccc2)cc1Cl. The van der Waals surface area contributed by atoms with Gasteiger partial charge in [0.05, 0.1) is 23.0 Å². The number of ether oxygens (including phenoxy) is 2. The summed E-state index contributed by atoms with van der Waals surface area (Å²) in [4.78, 5) is 21.5. The maximum absolute atomic E-state index is 10.8. The van der Waals surface area contributed by atoms with Crippen LogP contribution in [0.3, 0.4) is 0 Å². The molecule has 0 aliphatic rings. The fourth-order valence-corrected chi connectivity index (χ4v) is 4.68. The van der Waals surface area contributed by atoms with E-state index in [0.29, 0.717) is 27.3 Å². The van der Waals surface area contributed by atoms with Crippen molar-refractivity contribution in [3.05, 3.63) is 154 Å². The number of alkyl halides is 1. The smallest absolute Gasteiger partial charge is 0.373 e. The Labute approximate surface area is 291 Å². The molecule has 0 radical (unpaired) electrons. The van der Waals surface area contributed by atoms with Gasteiger partial charge in [0.2, 0.25) is 11.5 Å². The van der Waals surface area contributed by atoms with Gasteiger partial charge in [-0.1, -0.05) is 96.0 Å². The Hall–Kier alpha value is -5.15. The number of carboxylic acid groups (broad SMARTS) is 1. The van der Waals surface area contributed by atoms with Crippen LogP contribution in [0.2, 0.25) is 10.0 Å². The van der Waals surface area contributed by atoms with E-state index in [4.69, 9.17) is 53.5 Å². The average molecular weight is 708 g/mol. The van der Waals surface area contributed by atoms with Crippen molar-refractivity contribution in [2.75, 3.05) is 7.11 Å². The van der Waals surface area contributed by atoms with E-state index in [0.717, 1.165) is 22.3 Å². The van der Waals surface area contributed by atoms with Crippen molar-refractivity contribution >= 4 is 46.7 Å². The quantitative estimate of drug-likeness (QED) is 0.118. The van der Waals surface area contributed by atoms with Gasteiger partial charge in [-0.15, -0.1) is 11.6 Å². The number of phenolic OH excluding ortho intramolecular Hbond substituents is 1. The maximum Gasteiger partial charge on any atom is 0.373 e. The summed E-state index contributed by atoms with van der Waals surface area (Å²) in [5.41, 5.74) is 4.16. The lowest BCUT2D eigenvalue weighted by atomic mass is 10.1. The van der Waals surface area contributed by atoms with Crippen LogP contribution in [0.5, 0.6) is 11.5 Å². The Kier molecular flexibility index (Phi) is 13.1. The van der Waals surface area contributed by atoms with Crippen LogP contribution in [0.15, 0.2) is 130 Å². The summed E-state index contributed by atoms with van der Waals surface area (Å²) in [6.07, 6.45) is 0. The number of methoxy groups -OCH3 is 1. The standard InChI is InChI=1S/C18H13ClO4.C12H9ClO.C7H7ClO3/c19-15-10-13(12-4-2-1-3-5-12)6-8-16(15)22-11-14-7-9-17(23-14)18(20)21;13-11-8-10(6-7-12(11)14)9-4-2-1-3-5-9;1-10-7(9)6-3-2-5(4-8)11-6/h1-10H,11H2,(H,20,21);1-8,14H;2-3H,4H2,1H3. The normalized spacial score (nSPS) is 10.2. The summed E-state index contributed by atoms with van der Waals surface area (Å²) in [6.45, 7) is 0.109. The minimum absolute atomic E-state index is 0.109. The number of aromatic carboxylic acids is 1. The van der Waals surface area contributed by atoms with Crippen molar-refractivity contribution in [3.8, 4) is 33.8 Å². The van der Waals surface area contributed by atoms with Gasteiger partial charge in [-0.05, 0) is 70.8 Å². The van der Waals surface area contributed by atoms with Gasteiger partial charge in [-0.3, -0.25) is 0 Å². The highest BCUT2D eigenvalue weighted by molar-refractivity contribution is 6.32. The lowest BCUT2D eigenvalue weighted by molar-refractivity contribution is 0.0562. The third-order valence-electron chi connectivity index (χ3n) is 6.52. The summed E-state index contributed by atoms with van der Waals surface area (Å²) in [6, 6.07) is 36.7. The zero-order valence-corrected chi connectivity index (χ0v) is 27.7. The Morgan fingerprint density at radius 2 is 1.21 bits per heavy atom. The van der Waals surface area contributed by atoms with Gasteiger partial charge in [-0.25, -0.2) is 9.59 Å². The number of hydrogen-bond donors (Lipinski definition) is 2. The Balaban J connectivity index is 0.000000177. The molecule has 0 atom stereocenters. The Morgan fingerprint density at radius 3 is 1.71 bits per heavy atom. The van der Waals surface area contributed by atoms with Crippen molar-refractivity contribution in [2.24, 2.45) is 0 Å². The first kappa shape index (κ1) is 35.7. The first-order valence-corrected chi connectivity index (χ1v) is 15.5. The van der Waals surface area contributed by atoms with Crippen LogP contribution < -0.4 is 4.74 Å². The molecule has 4 aromatic carbocycles. The van der Waals surface area contributed by atoms with Crippen LogP contribution >= 0.6 is 34.8 Å². The van der Waals surface area contributed by atoms with Crippen molar-refractivity contribution in [2.45, 2.75) is 12.5 Å². The molecule has 2 aromatic heterocycles. The van der Waals surface area contributed by atoms with Crippen molar-refractivity contribution in [1.29, 1.82) is 0 Å². The predicted octanol–water partition coefficient (Wildman–Crippen LogP) is 10.4. The molecular weight excluding hydrogens is 679 g/mol. The number of carboxylic acids is 1. The van der Waals surface area contributed by atoms with Gasteiger partial charge >= 0.3 is 11.9 Å². The highest BCUT2D eigenvalue weighted by Gasteiger charge is 2.11. The first-order valence-electron chi connectivity index (χ1n) is 14.2.